The maximum absolute atomic E-state index is 12.5. The van der Waals surface area contributed by atoms with E-state index in [0.717, 1.165) is 10.0 Å². The van der Waals surface area contributed by atoms with Gasteiger partial charge in [-0.15, -0.1) is 0 Å². The third-order valence-electron chi connectivity index (χ3n) is 3.68. The van der Waals surface area contributed by atoms with Crippen LogP contribution in [0.2, 0.25) is 0 Å². The van der Waals surface area contributed by atoms with E-state index in [1.165, 1.54) is 0 Å². The number of nitrogens with two attached hydrogens (primary N) is 1. The van der Waals surface area contributed by atoms with Crippen molar-refractivity contribution in [2.75, 3.05) is 19.7 Å². The number of nitrogens with zero attached hydrogens (tertiary/aromatic N) is 1. The number of benzene rings is 1. The van der Waals surface area contributed by atoms with Crippen molar-refractivity contribution in [3.05, 3.63) is 58.0 Å². The van der Waals surface area contributed by atoms with E-state index in [1.807, 2.05) is 24.3 Å². The molecule has 0 aliphatic carbocycles. The van der Waals surface area contributed by atoms with Gasteiger partial charge in [-0.25, -0.2) is 0 Å². The minimum absolute atomic E-state index is 0.125. The minimum atomic E-state index is -0.141. The SMILES string of the molecule is NCc1ccc(C(=O)N2CCO[C@@H](c3ccccc3Br)C2)o1. The number of amides is 1. The molecular formula is C16H17BrN2O3. The van der Waals surface area contributed by atoms with Crippen molar-refractivity contribution in [1.29, 1.82) is 0 Å². The molecule has 0 radical (unpaired) electrons. The van der Waals surface area contributed by atoms with E-state index in [0.29, 0.717) is 31.2 Å². The molecule has 1 saturated heterocycles. The van der Waals surface area contributed by atoms with Crippen molar-refractivity contribution in [3.8, 4) is 0 Å². The molecule has 22 heavy (non-hydrogen) atoms. The van der Waals surface area contributed by atoms with Gasteiger partial charge >= 0.3 is 0 Å². The van der Waals surface area contributed by atoms with Crippen LogP contribution in [0.1, 0.15) is 28.0 Å². The number of hydrogen-bond acceptors (Lipinski definition) is 4. The van der Waals surface area contributed by atoms with Crippen LogP contribution in [0.4, 0.5) is 0 Å². The maximum atomic E-state index is 12.5. The first-order valence-corrected chi connectivity index (χ1v) is 7.92. The standard InChI is InChI=1S/C16H17BrN2O3/c17-13-4-2-1-3-12(13)15-10-19(7-8-21-15)16(20)14-6-5-11(9-18)22-14/h1-6,15H,7-10,18H2/t15-/m1/s1. The number of furan rings is 1. The lowest BCUT2D eigenvalue weighted by Gasteiger charge is -2.33. The number of carbonyl (C=O) groups is 1. The monoisotopic (exact) mass is 364 g/mol. The highest BCUT2D eigenvalue weighted by molar-refractivity contribution is 9.10. The van der Waals surface area contributed by atoms with Gasteiger partial charge in [-0.2, -0.15) is 0 Å². The normalized spacial score (nSPS) is 18.5. The van der Waals surface area contributed by atoms with Gasteiger partial charge in [0.15, 0.2) is 5.76 Å². The van der Waals surface area contributed by atoms with Crippen molar-refractivity contribution in [2.24, 2.45) is 5.73 Å². The van der Waals surface area contributed by atoms with Crippen LogP contribution in [-0.4, -0.2) is 30.5 Å². The highest BCUT2D eigenvalue weighted by Crippen LogP contribution is 2.29. The molecule has 1 aromatic carbocycles. The fourth-order valence-corrected chi connectivity index (χ4v) is 3.06. The second-order valence-electron chi connectivity index (χ2n) is 5.10. The van der Waals surface area contributed by atoms with E-state index in [-0.39, 0.29) is 18.6 Å². The first kappa shape index (κ1) is 15.3. The first-order valence-electron chi connectivity index (χ1n) is 7.13. The quantitative estimate of drug-likeness (QED) is 0.908. The summed E-state index contributed by atoms with van der Waals surface area (Å²) < 4.78 is 12.2. The number of rotatable bonds is 3. The van der Waals surface area contributed by atoms with Crippen LogP contribution in [0.15, 0.2) is 45.3 Å². The van der Waals surface area contributed by atoms with E-state index in [2.05, 4.69) is 15.9 Å². The fourth-order valence-electron chi connectivity index (χ4n) is 2.52. The highest BCUT2D eigenvalue weighted by Gasteiger charge is 2.28. The molecule has 0 unspecified atom stereocenters. The second-order valence-corrected chi connectivity index (χ2v) is 5.96. The lowest BCUT2D eigenvalue weighted by atomic mass is 10.1. The summed E-state index contributed by atoms with van der Waals surface area (Å²) in [6.07, 6.45) is -0.141. The molecule has 2 N–H and O–H groups in total. The first-order chi connectivity index (χ1) is 10.7. The molecule has 6 heteroatoms. The predicted molar refractivity (Wildman–Crippen MR) is 85.3 cm³/mol. The molecule has 5 nitrogen and oxygen atoms in total. The summed E-state index contributed by atoms with van der Waals surface area (Å²) in [6.45, 7) is 1.84. The van der Waals surface area contributed by atoms with Crippen molar-refractivity contribution >= 4 is 21.8 Å². The topological polar surface area (TPSA) is 68.7 Å². The van der Waals surface area contributed by atoms with Crippen LogP contribution < -0.4 is 5.73 Å². The summed E-state index contributed by atoms with van der Waals surface area (Å²) in [7, 11) is 0. The Labute approximate surface area is 137 Å². The Balaban J connectivity index is 1.75. The molecule has 1 amide bonds. The largest absolute Gasteiger partial charge is 0.455 e. The van der Waals surface area contributed by atoms with Crippen molar-refractivity contribution in [2.45, 2.75) is 12.6 Å². The molecule has 0 spiro atoms. The molecule has 1 fully saturated rings. The fraction of sp³-hybridized carbons (Fsp3) is 0.312. The summed E-state index contributed by atoms with van der Waals surface area (Å²) in [6, 6.07) is 11.3. The Morgan fingerprint density at radius 3 is 2.86 bits per heavy atom. The molecule has 0 bridgehead atoms. The zero-order valence-corrected chi connectivity index (χ0v) is 13.6. The van der Waals surface area contributed by atoms with Crippen LogP contribution >= 0.6 is 15.9 Å². The van der Waals surface area contributed by atoms with Gasteiger partial charge in [0, 0.05) is 11.0 Å². The summed E-state index contributed by atoms with van der Waals surface area (Å²) >= 11 is 3.53. The van der Waals surface area contributed by atoms with Gasteiger partial charge in [0.2, 0.25) is 0 Å². The smallest absolute Gasteiger partial charge is 0.289 e. The number of carbonyl (C=O) groups excluding carboxylic acids is 1. The zero-order valence-electron chi connectivity index (χ0n) is 12.0. The van der Waals surface area contributed by atoms with E-state index in [9.17, 15) is 4.79 Å². The Bertz CT molecular complexity index is 671. The van der Waals surface area contributed by atoms with Gasteiger partial charge in [-0.1, -0.05) is 34.1 Å². The molecule has 2 heterocycles. The summed E-state index contributed by atoms with van der Waals surface area (Å²) in [5, 5.41) is 0. The van der Waals surface area contributed by atoms with E-state index in [4.69, 9.17) is 14.9 Å². The number of halogens is 1. The van der Waals surface area contributed by atoms with Crippen molar-refractivity contribution < 1.29 is 13.9 Å². The molecule has 2 aromatic rings. The molecule has 1 atom stereocenters. The van der Waals surface area contributed by atoms with Gasteiger partial charge in [-0.05, 0) is 23.8 Å². The molecule has 3 rings (SSSR count). The Kier molecular flexibility index (Phi) is 4.61. The van der Waals surface area contributed by atoms with E-state index >= 15 is 0 Å². The minimum Gasteiger partial charge on any atom is -0.455 e. The molecular weight excluding hydrogens is 348 g/mol. The highest BCUT2D eigenvalue weighted by atomic mass is 79.9. The second kappa shape index (κ2) is 6.64. The van der Waals surface area contributed by atoms with Gasteiger partial charge in [-0.3, -0.25) is 4.79 Å². The average Bonchev–Trinajstić information content (AvgIpc) is 3.04. The molecule has 1 aliphatic rings. The van der Waals surface area contributed by atoms with Crippen molar-refractivity contribution in [1.82, 2.24) is 4.90 Å². The predicted octanol–water partition coefficient (Wildman–Crippen LogP) is 2.71. The van der Waals surface area contributed by atoms with Crippen LogP contribution in [0.25, 0.3) is 0 Å². The van der Waals surface area contributed by atoms with Crippen molar-refractivity contribution in [3.63, 3.8) is 0 Å². The van der Waals surface area contributed by atoms with Gasteiger partial charge in [0.1, 0.15) is 11.9 Å². The third kappa shape index (κ3) is 3.09. The summed E-state index contributed by atoms with van der Waals surface area (Å²) in [4.78, 5) is 14.3. The lowest BCUT2D eigenvalue weighted by molar-refractivity contribution is -0.0241. The average molecular weight is 365 g/mol. The molecule has 1 aliphatic heterocycles. The Morgan fingerprint density at radius 1 is 1.32 bits per heavy atom. The van der Waals surface area contributed by atoms with Gasteiger partial charge in [0.05, 0.1) is 19.7 Å². The number of hydrogen-bond donors (Lipinski definition) is 1. The van der Waals surface area contributed by atoms with Crippen LogP contribution in [0.3, 0.4) is 0 Å². The third-order valence-corrected chi connectivity index (χ3v) is 4.40. The molecule has 116 valence electrons. The van der Waals surface area contributed by atoms with E-state index in [1.54, 1.807) is 17.0 Å². The zero-order chi connectivity index (χ0) is 15.5. The van der Waals surface area contributed by atoms with Crippen LogP contribution in [0, 0.1) is 0 Å². The maximum Gasteiger partial charge on any atom is 0.289 e. The summed E-state index contributed by atoms with van der Waals surface area (Å²) in [5.74, 6) is 0.812. The lowest BCUT2D eigenvalue weighted by Crippen LogP contribution is -2.42. The van der Waals surface area contributed by atoms with Crippen LogP contribution in [-0.2, 0) is 11.3 Å². The Hall–Kier alpha value is -1.63. The van der Waals surface area contributed by atoms with Gasteiger partial charge in [0.25, 0.3) is 5.91 Å². The van der Waals surface area contributed by atoms with E-state index < -0.39 is 0 Å². The summed E-state index contributed by atoms with van der Waals surface area (Å²) in [5.41, 5.74) is 6.56. The Morgan fingerprint density at radius 2 is 2.14 bits per heavy atom. The van der Waals surface area contributed by atoms with Gasteiger partial charge < -0.3 is 19.8 Å². The molecule has 0 saturated carbocycles. The van der Waals surface area contributed by atoms with Crippen LogP contribution in [0.5, 0.6) is 0 Å². The molecule has 1 aromatic heterocycles. The number of morpholine rings is 1. The number of ether oxygens (including phenoxy) is 1.